The molecule has 138 valence electrons. The highest BCUT2D eigenvalue weighted by molar-refractivity contribution is 9.10. The van der Waals surface area contributed by atoms with Gasteiger partial charge in [0.15, 0.2) is 5.96 Å². The van der Waals surface area contributed by atoms with Crippen LogP contribution in [0.5, 0.6) is 0 Å². The number of guanidine groups is 1. The van der Waals surface area contributed by atoms with Crippen LogP contribution in [0.1, 0.15) is 32.9 Å². The number of aromatic nitrogens is 2. The molecule has 7 heteroatoms. The summed E-state index contributed by atoms with van der Waals surface area (Å²) in [7, 11) is 0. The van der Waals surface area contributed by atoms with E-state index in [9.17, 15) is 0 Å². The van der Waals surface area contributed by atoms with Crippen molar-refractivity contribution in [1.82, 2.24) is 20.0 Å². The van der Waals surface area contributed by atoms with E-state index in [0.717, 1.165) is 54.5 Å². The molecule has 0 spiro atoms. The molecule has 0 aliphatic rings. The zero-order valence-corrected chi connectivity index (χ0v) is 16.8. The lowest BCUT2D eigenvalue weighted by Crippen LogP contribution is -2.38. The summed E-state index contributed by atoms with van der Waals surface area (Å²) >= 11 is 3.47. The average molecular weight is 410 g/mol. The zero-order chi connectivity index (χ0) is 18.1. The van der Waals surface area contributed by atoms with E-state index >= 15 is 0 Å². The highest BCUT2D eigenvalue weighted by atomic mass is 79.9. The Morgan fingerprint density at radius 3 is 2.92 bits per heavy atom. The van der Waals surface area contributed by atoms with Gasteiger partial charge in [0, 0.05) is 43.2 Å². The van der Waals surface area contributed by atoms with Crippen LogP contribution in [0.25, 0.3) is 5.65 Å². The minimum absolute atomic E-state index is 0.540. The van der Waals surface area contributed by atoms with Crippen LogP contribution in [0.3, 0.4) is 0 Å². The third-order valence-corrected chi connectivity index (χ3v) is 3.89. The summed E-state index contributed by atoms with van der Waals surface area (Å²) < 4.78 is 8.62. The van der Waals surface area contributed by atoms with Crippen molar-refractivity contribution in [3.63, 3.8) is 0 Å². The van der Waals surface area contributed by atoms with Crippen molar-refractivity contribution in [2.24, 2.45) is 10.9 Å². The number of aliphatic imine (C=N–C) groups is 1. The monoisotopic (exact) mass is 409 g/mol. The molecule has 0 aliphatic carbocycles. The SMILES string of the molecule is CCNC(=NCc1cn2cc(Br)ccc2n1)NCCCOCC(C)C. The third-order valence-electron chi connectivity index (χ3n) is 3.42. The van der Waals surface area contributed by atoms with Crippen molar-refractivity contribution >= 4 is 27.5 Å². The van der Waals surface area contributed by atoms with Crippen LogP contribution in [-0.4, -0.2) is 41.6 Å². The van der Waals surface area contributed by atoms with Crippen LogP contribution in [0.15, 0.2) is 34.0 Å². The summed E-state index contributed by atoms with van der Waals surface area (Å²) in [5.41, 5.74) is 1.87. The van der Waals surface area contributed by atoms with Gasteiger partial charge in [-0.1, -0.05) is 13.8 Å². The van der Waals surface area contributed by atoms with E-state index in [4.69, 9.17) is 4.74 Å². The van der Waals surface area contributed by atoms with Gasteiger partial charge in [0.2, 0.25) is 0 Å². The topological polar surface area (TPSA) is 63.0 Å². The van der Waals surface area contributed by atoms with Gasteiger partial charge in [0.05, 0.1) is 12.2 Å². The Hall–Kier alpha value is -1.60. The molecule has 0 bridgehead atoms. The van der Waals surface area contributed by atoms with Gasteiger partial charge in [0.25, 0.3) is 0 Å². The predicted octanol–water partition coefficient (Wildman–Crippen LogP) is 3.21. The van der Waals surface area contributed by atoms with Gasteiger partial charge in [-0.15, -0.1) is 0 Å². The molecule has 6 nitrogen and oxygen atoms in total. The lowest BCUT2D eigenvalue weighted by molar-refractivity contribution is 0.108. The molecule has 0 atom stereocenters. The molecule has 0 aliphatic heterocycles. The van der Waals surface area contributed by atoms with Gasteiger partial charge in [-0.2, -0.15) is 0 Å². The minimum atomic E-state index is 0.540. The van der Waals surface area contributed by atoms with Crippen LogP contribution in [-0.2, 0) is 11.3 Å². The highest BCUT2D eigenvalue weighted by Crippen LogP contribution is 2.12. The summed E-state index contributed by atoms with van der Waals surface area (Å²) in [6, 6.07) is 3.97. The summed E-state index contributed by atoms with van der Waals surface area (Å²) in [5.74, 6) is 1.39. The van der Waals surface area contributed by atoms with E-state index in [1.54, 1.807) is 0 Å². The van der Waals surface area contributed by atoms with E-state index in [-0.39, 0.29) is 0 Å². The van der Waals surface area contributed by atoms with E-state index in [0.29, 0.717) is 12.5 Å². The number of rotatable bonds is 9. The van der Waals surface area contributed by atoms with E-state index in [1.165, 1.54) is 0 Å². The lowest BCUT2D eigenvalue weighted by Gasteiger charge is -2.11. The number of hydrogen-bond donors (Lipinski definition) is 2. The first kappa shape index (κ1) is 19.7. The van der Waals surface area contributed by atoms with Crippen LogP contribution in [0.4, 0.5) is 0 Å². The zero-order valence-electron chi connectivity index (χ0n) is 15.3. The molecule has 0 unspecified atom stereocenters. The molecular formula is C18H28BrN5O. The van der Waals surface area contributed by atoms with Crippen LogP contribution >= 0.6 is 15.9 Å². The smallest absolute Gasteiger partial charge is 0.191 e. The van der Waals surface area contributed by atoms with E-state index in [2.05, 4.69) is 57.3 Å². The van der Waals surface area contributed by atoms with E-state index in [1.807, 2.05) is 28.9 Å². The fourth-order valence-electron chi connectivity index (χ4n) is 2.30. The number of halogens is 1. The van der Waals surface area contributed by atoms with E-state index < -0.39 is 0 Å². The molecule has 0 amide bonds. The van der Waals surface area contributed by atoms with Crippen LogP contribution in [0, 0.1) is 5.92 Å². The number of fused-ring (bicyclic) bond motifs is 1. The number of ether oxygens (including phenoxy) is 1. The molecule has 2 rings (SSSR count). The van der Waals surface area contributed by atoms with Gasteiger partial charge < -0.3 is 19.8 Å². The van der Waals surface area contributed by atoms with Gasteiger partial charge in [-0.05, 0) is 47.3 Å². The van der Waals surface area contributed by atoms with Gasteiger partial charge >= 0.3 is 0 Å². The van der Waals surface area contributed by atoms with Gasteiger partial charge in [-0.3, -0.25) is 0 Å². The second kappa shape index (κ2) is 10.4. The molecule has 2 aromatic rings. The number of nitrogens with one attached hydrogen (secondary N) is 2. The summed E-state index contributed by atoms with van der Waals surface area (Å²) in [4.78, 5) is 9.20. The Kier molecular flexibility index (Phi) is 8.21. The van der Waals surface area contributed by atoms with Crippen LogP contribution < -0.4 is 10.6 Å². The first-order chi connectivity index (χ1) is 12.1. The Labute approximate surface area is 158 Å². The van der Waals surface area contributed by atoms with Crippen molar-refractivity contribution < 1.29 is 4.74 Å². The van der Waals surface area contributed by atoms with Crippen molar-refractivity contribution in [3.05, 3.63) is 34.7 Å². The standard InChI is InChI=1S/C18H28BrN5O/c1-4-20-18(21-8-5-9-25-13-14(2)3)22-10-16-12-24-11-15(19)6-7-17(24)23-16/h6-7,11-12,14H,4-5,8-10,13H2,1-3H3,(H2,20,21,22). The second-order valence-electron chi connectivity index (χ2n) is 6.29. The first-order valence-corrected chi connectivity index (χ1v) is 9.61. The van der Waals surface area contributed by atoms with Gasteiger partial charge in [-0.25, -0.2) is 9.98 Å². The summed E-state index contributed by atoms with van der Waals surface area (Å²) in [6.07, 6.45) is 4.96. The Morgan fingerprint density at radius 2 is 2.16 bits per heavy atom. The Bertz CT molecular complexity index is 683. The molecule has 2 N–H and O–H groups in total. The molecule has 0 fully saturated rings. The van der Waals surface area contributed by atoms with Crippen molar-refractivity contribution in [2.75, 3.05) is 26.3 Å². The normalized spacial score (nSPS) is 12.1. The number of nitrogens with zero attached hydrogens (tertiary/aromatic N) is 3. The molecule has 2 heterocycles. The number of hydrogen-bond acceptors (Lipinski definition) is 3. The Morgan fingerprint density at radius 1 is 1.32 bits per heavy atom. The molecule has 0 saturated heterocycles. The average Bonchev–Trinajstić information content (AvgIpc) is 2.97. The summed E-state index contributed by atoms with van der Waals surface area (Å²) in [6.45, 7) is 10.2. The van der Waals surface area contributed by atoms with Crippen molar-refractivity contribution in [2.45, 2.75) is 33.7 Å². The lowest BCUT2D eigenvalue weighted by atomic mass is 10.2. The molecular weight excluding hydrogens is 382 g/mol. The minimum Gasteiger partial charge on any atom is -0.381 e. The molecule has 0 aromatic carbocycles. The fraction of sp³-hybridized carbons (Fsp3) is 0.556. The third kappa shape index (κ3) is 7.04. The maximum atomic E-state index is 5.59. The largest absolute Gasteiger partial charge is 0.381 e. The highest BCUT2D eigenvalue weighted by Gasteiger charge is 2.03. The molecule has 25 heavy (non-hydrogen) atoms. The fourth-order valence-corrected chi connectivity index (χ4v) is 2.65. The maximum absolute atomic E-state index is 5.59. The number of pyridine rings is 1. The van der Waals surface area contributed by atoms with Crippen molar-refractivity contribution in [1.29, 1.82) is 0 Å². The van der Waals surface area contributed by atoms with Crippen LogP contribution in [0.2, 0.25) is 0 Å². The molecule has 2 aromatic heterocycles. The predicted molar refractivity (Wildman–Crippen MR) is 106 cm³/mol. The van der Waals surface area contributed by atoms with Gasteiger partial charge in [0.1, 0.15) is 5.65 Å². The summed E-state index contributed by atoms with van der Waals surface area (Å²) in [5, 5.41) is 6.60. The molecule has 0 radical (unpaired) electrons. The maximum Gasteiger partial charge on any atom is 0.191 e. The Balaban J connectivity index is 1.83. The molecule has 0 saturated carbocycles. The quantitative estimate of drug-likeness (QED) is 0.379. The second-order valence-corrected chi connectivity index (χ2v) is 7.20. The first-order valence-electron chi connectivity index (χ1n) is 8.81. The van der Waals surface area contributed by atoms with Crippen molar-refractivity contribution in [3.8, 4) is 0 Å². The number of imidazole rings is 1.